The van der Waals surface area contributed by atoms with Crippen LogP contribution in [0.2, 0.25) is 5.02 Å². The molecule has 0 spiro atoms. The standard InChI is InChI=1S/C17H16ClN3O4/c1-11(16(22)23)25-13-8-6-12(7-9-13)10-19-21-17(24)20-15-5-3-2-4-14(15)18/h2-11H,1H3,(H,22,23)(H2,20,21,24)/b19-10+/t11-/m0/s1. The molecule has 1 atom stereocenters. The van der Waals surface area contributed by atoms with E-state index in [0.29, 0.717) is 22.0 Å². The number of carboxylic acids is 1. The summed E-state index contributed by atoms with van der Waals surface area (Å²) >= 11 is 5.94. The number of anilines is 1. The van der Waals surface area contributed by atoms with Gasteiger partial charge in [-0.15, -0.1) is 0 Å². The zero-order valence-electron chi connectivity index (χ0n) is 13.3. The fraction of sp³-hybridized carbons (Fsp3) is 0.118. The Labute approximate surface area is 149 Å². The van der Waals surface area contributed by atoms with Crippen molar-refractivity contribution in [2.75, 3.05) is 5.32 Å². The van der Waals surface area contributed by atoms with E-state index in [4.69, 9.17) is 21.4 Å². The summed E-state index contributed by atoms with van der Waals surface area (Å²) in [4.78, 5) is 22.5. The van der Waals surface area contributed by atoms with Crippen molar-refractivity contribution in [2.24, 2.45) is 5.10 Å². The van der Waals surface area contributed by atoms with Gasteiger partial charge in [0.2, 0.25) is 0 Å². The van der Waals surface area contributed by atoms with Crippen LogP contribution in [0.25, 0.3) is 0 Å². The summed E-state index contributed by atoms with van der Waals surface area (Å²) in [6, 6.07) is 12.9. The van der Waals surface area contributed by atoms with E-state index in [9.17, 15) is 9.59 Å². The van der Waals surface area contributed by atoms with Gasteiger partial charge in [-0.25, -0.2) is 15.0 Å². The first-order valence-corrected chi connectivity index (χ1v) is 7.67. The Bertz CT molecular complexity index is 778. The maximum absolute atomic E-state index is 11.7. The van der Waals surface area contributed by atoms with Gasteiger partial charge in [0.15, 0.2) is 6.10 Å². The Hall–Kier alpha value is -3.06. The largest absolute Gasteiger partial charge is 0.479 e. The fourth-order valence-electron chi connectivity index (χ4n) is 1.77. The Kier molecular flexibility index (Phi) is 6.36. The molecule has 130 valence electrons. The van der Waals surface area contributed by atoms with Gasteiger partial charge >= 0.3 is 12.0 Å². The van der Waals surface area contributed by atoms with E-state index in [1.54, 1.807) is 48.5 Å². The van der Waals surface area contributed by atoms with Gasteiger partial charge in [0, 0.05) is 0 Å². The van der Waals surface area contributed by atoms with Gasteiger partial charge in [-0.1, -0.05) is 23.7 Å². The van der Waals surface area contributed by atoms with E-state index in [1.807, 2.05) is 0 Å². The molecule has 0 heterocycles. The van der Waals surface area contributed by atoms with Gasteiger partial charge in [0.1, 0.15) is 5.75 Å². The third-order valence-electron chi connectivity index (χ3n) is 3.04. The number of aliphatic carboxylic acids is 1. The first kappa shape index (κ1) is 18.3. The van der Waals surface area contributed by atoms with Crippen molar-refractivity contribution in [1.82, 2.24) is 5.43 Å². The highest BCUT2D eigenvalue weighted by atomic mass is 35.5. The molecular formula is C17H16ClN3O4. The summed E-state index contributed by atoms with van der Waals surface area (Å²) in [5.41, 5.74) is 3.50. The number of rotatable bonds is 6. The van der Waals surface area contributed by atoms with Crippen molar-refractivity contribution < 1.29 is 19.4 Å². The van der Waals surface area contributed by atoms with Gasteiger partial charge in [-0.3, -0.25) is 0 Å². The maximum Gasteiger partial charge on any atom is 0.344 e. The second-order valence-corrected chi connectivity index (χ2v) is 5.38. The number of urea groups is 1. The molecule has 2 amide bonds. The van der Waals surface area contributed by atoms with Crippen LogP contribution >= 0.6 is 11.6 Å². The van der Waals surface area contributed by atoms with Crippen molar-refractivity contribution in [1.29, 1.82) is 0 Å². The predicted octanol–water partition coefficient (Wildman–Crippen LogP) is 3.35. The van der Waals surface area contributed by atoms with E-state index in [-0.39, 0.29) is 0 Å². The molecule has 0 unspecified atom stereocenters. The second kappa shape index (κ2) is 8.70. The Balaban J connectivity index is 1.86. The smallest absolute Gasteiger partial charge is 0.344 e. The van der Waals surface area contributed by atoms with E-state index >= 15 is 0 Å². The first-order valence-electron chi connectivity index (χ1n) is 7.30. The quantitative estimate of drug-likeness (QED) is 0.542. The number of hydrogen-bond acceptors (Lipinski definition) is 4. The van der Waals surface area contributed by atoms with Crippen LogP contribution in [-0.4, -0.2) is 29.4 Å². The Morgan fingerprint density at radius 3 is 2.52 bits per heavy atom. The zero-order chi connectivity index (χ0) is 18.2. The molecule has 0 aliphatic carbocycles. The average Bonchev–Trinajstić information content (AvgIpc) is 2.58. The number of nitrogens with one attached hydrogen (secondary N) is 2. The number of carbonyl (C=O) groups is 2. The summed E-state index contributed by atoms with van der Waals surface area (Å²) < 4.78 is 5.21. The van der Waals surface area contributed by atoms with Gasteiger partial charge < -0.3 is 15.2 Å². The first-order chi connectivity index (χ1) is 12.0. The number of hydrogen-bond donors (Lipinski definition) is 3. The highest BCUT2D eigenvalue weighted by molar-refractivity contribution is 6.33. The van der Waals surface area contributed by atoms with Crippen molar-refractivity contribution in [3.05, 3.63) is 59.1 Å². The molecule has 0 bridgehead atoms. The van der Waals surface area contributed by atoms with Crippen LogP contribution in [0, 0.1) is 0 Å². The van der Waals surface area contributed by atoms with Crippen molar-refractivity contribution in [3.8, 4) is 5.75 Å². The highest BCUT2D eigenvalue weighted by Crippen LogP contribution is 2.20. The molecule has 0 fully saturated rings. The lowest BCUT2D eigenvalue weighted by Gasteiger charge is -2.10. The van der Waals surface area contributed by atoms with E-state index in [2.05, 4.69) is 15.8 Å². The van der Waals surface area contributed by atoms with Crippen LogP contribution in [0.5, 0.6) is 5.75 Å². The molecule has 3 N–H and O–H groups in total. The zero-order valence-corrected chi connectivity index (χ0v) is 14.0. The van der Waals surface area contributed by atoms with E-state index in [0.717, 1.165) is 0 Å². The van der Waals surface area contributed by atoms with Gasteiger partial charge in [0.25, 0.3) is 0 Å². The lowest BCUT2D eigenvalue weighted by atomic mass is 10.2. The number of ether oxygens (including phenoxy) is 1. The third-order valence-corrected chi connectivity index (χ3v) is 3.37. The molecule has 25 heavy (non-hydrogen) atoms. The molecule has 0 radical (unpaired) electrons. The molecule has 7 nitrogen and oxygen atoms in total. The molecule has 2 aromatic carbocycles. The molecule has 8 heteroatoms. The second-order valence-electron chi connectivity index (χ2n) is 4.97. The Morgan fingerprint density at radius 1 is 1.20 bits per heavy atom. The van der Waals surface area contributed by atoms with Crippen LogP contribution in [0.4, 0.5) is 10.5 Å². The highest BCUT2D eigenvalue weighted by Gasteiger charge is 2.11. The van der Waals surface area contributed by atoms with Crippen LogP contribution in [-0.2, 0) is 4.79 Å². The average molecular weight is 362 g/mol. The van der Waals surface area contributed by atoms with E-state index < -0.39 is 18.1 Å². The molecule has 2 rings (SSSR count). The lowest BCUT2D eigenvalue weighted by Crippen LogP contribution is -2.24. The summed E-state index contributed by atoms with van der Waals surface area (Å²) in [6.07, 6.45) is 0.506. The molecular weight excluding hydrogens is 346 g/mol. The minimum absolute atomic E-state index is 0.424. The summed E-state index contributed by atoms with van der Waals surface area (Å²) in [5.74, 6) is -0.615. The fourth-order valence-corrected chi connectivity index (χ4v) is 1.95. The summed E-state index contributed by atoms with van der Waals surface area (Å²) in [5, 5.41) is 15.6. The van der Waals surface area contributed by atoms with Gasteiger partial charge in [-0.2, -0.15) is 5.10 Å². The number of hydrazone groups is 1. The molecule has 0 saturated heterocycles. The number of halogens is 1. The normalized spacial score (nSPS) is 11.8. The van der Waals surface area contributed by atoms with Crippen molar-refractivity contribution in [3.63, 3.8) is 0 Å². The minimum Gasteiger partial charge on any atom is -0.479 e. The number of carboxylic acid groups (broad SMARTS) is 1. The maximum atomic E-state index is 11.7. The molecule has 0 saturated carbocycles. The van der Waals surface area contributed by atoms with Gasteiger partial charge in [-0.05, 0) is 48.9 Å². The molecule has 0 aromatic heterocycles. The molecule has 0 aliphatic rings. The molecule has 2 aromatic rings. The van der Waals surface area contributed by atoms with Crippen LogP contribution in [0.3, 0.4) is 0 Å². The minimum atomic E-state index is -1.04. The van der Waals surface area contributed by atoms with Crippen molar-refractivity contribution in [2.45, 2.75) is 13.0 Å². The number of benzene rings is 2. The lowest BCUT2D eigenvalue weighted by molar-refractivity contribution is -0.144. The number of amides is 2. The third kappa shape index (κ3) is 5.82. The Morgan fingerprint density at radius 2 is 1.88 bits per heavy atom. The summed E-state index contributed by atoms with van der Waals surface area (Å²) in [6.45, 7) is 1.44. The SMILES string of the molecule is C[C@H](Oc1ccc(/C=N/NC(=O)Nc2ccccc2Cl)cc1)C(=O)O. The topological polar surface area (TPSA) is 100 Å². The number of carbonyl (C=O) groups excluding carboxylic acids is 1. The van der Waals surface area contributed by atoms with Crippen LogP contribution in [0.1, 0.15) is 12.5 Å². The predicted molar refractivity (Wildman–Crippen MR) is 95.4 cm³/mol. The van der Waals surface area contributed by atoms with Crippen molar-refractivity contribution >= 4 is 35.5 Å². The number of para-hydroxylation sites is 1. The number of nitrogens with zero attached hydrogens (tertiary/aromatic N) is 1. The van der Waals surface area contributed by atoms with Crippen LogP contribution in [0.15, 0.2) is 53.6 Å². The van der Waals surface area contributed by atoms with E-state index in [1.165, 1.54) is 13.1 Å². The van der Waals surface area contributed by atoms with Crippen LogP contribution < -0.4 is 15.5 Å². The van der Waals surface area contributed by atoms with Gasteiger partial charge in [0.05, 0.1) is 16.9 Å². The monoisotopic (exact) mass is 361 g/mol. The molecule has 0 aliphatic heterocycles. The summed E-state index contributed by atoms with van der Waals surface area (Å²) in [7, 11) is 0.